The number of carboxylic acid groups (broad SMARTS) is 1. The molecule has 2 aromatic carbocycles. The summed E-state index contributed by atoms with van der Waals surface area (Å²) in [6, 6.07) is 11.8. The van der Waals surface area contributed by atoms with Gasteiger partial charge in [0.25, 0.3) is 0 Å². The SMILES string of the molecule is CC#C[C@@H](CC(=O)O)c1ccc(OCc2ccc3c(C)nn(CC(C)C)c3c2C)cc1. The molecule has 1 heterocycles. The van der Waals surface area contributed by atoms with Crippen LogP contribution in [0.4, 0.5) is 0 Å². The van der Waals surface area contributed by atoms with E-state index < -0.39 is 5.97 Å². The Kier molecular flexibility index (Phi) is 7.02. The molecule has 5 nitrogen and oxygen atoms in total. The number of nitrogens with zero attached hydrogens (tertiary/aromatic N) is 2. The molecule has 0 bridgehead atoms. The summed E-state index contributed by atoms with van der Waals surface area (Å²) in [5, 5.41) is 15.0. The van der Waals surface area contributed by atoms with Gasteiger partial charge in [0.05, 0.1) is 23.5 Å². The van der Waals surface area contributed by atoms with Gasteiger partial charge in [-0.25, -0.2) is 0 Å². The van der Waals surface area contributed by atoms with Crippen molar-refractivity contribution in [1.82, 2.24) is 9.78 Å². The van der Waals surface area contributed by atoms with Gasteiger partial charge in [0.15, 0.2) is 0 Å². The molecule has 31 heavy (non-hydrogen) atoms. The highest BCUT2D eigenvalue weighted by Crippen LogP contribution is 2.27. The van der Waals surface area contributed by atoms with E-state index >= 15 is 0 Å². The second kappa shape index (κ2) is 9.70. The minimum atomic E-state index is -0.856. The van der Waals surface area contributed by atoms with Crippen LogP contribution in [0.25, 0.3) is 10.9 Å². The molecule has 0 amide bonds. The number of aliphatic carboxylic acids is 1. The molecule has 1 N–H and O–H groups in total. The Morgan fingerprint density at radius 1 is 1.16 bits per heavy atom. The molecule has 0 aliphatic rings. The Morgan fingerprint density at radius 3 is 2.48 bits per heavy atom. The van der Waals surface area contributed by atoms with Crippen LogP contribution >= 0.6 is 0 Å². The standard InChI is InChI=1S/C26H30N2O3/c1-6-7-21(14-25(29)30)20-8-11-23(12-9-20)31-16-22-10-13-24-19(5)27-28(15-17(2)3)26(24)18(22)4/h8-13,17,21H,14-16H2,1-5H3,(H,29,30)/t21-/m0/s1. The predicted molar refractivity (Wildman–Crippen MR) is 123 cm³/mol. The van der Waals surface area contributed by atoms with E-state index in [0.717, 1.165) is 29.1 Å². The van der Waals surface area contributed by atoms with Gasteiger partial charge in [-0.2, -0.15) is 5.10 Å². The quantitative estimate of drug-likeness (QED) is 0.493. The van der Waals surface area contributed by atoms with Gasteiger partial charge < -0.3 is 9.84 Å². The summed E-state index contributed by atoms with van der Waals surface area (Å²) < 4.78 is 8.15. The monoisotopic (exact) mass is 418 g/mol. The van der Waals surface area contributed by atoms with E-state index in [1.165, 1.54) is 16.5 Å². The van der Waals surface area contributed by atoms with E-state index in [1.807, 2.05) is 24.3 Å². The largest absolute Gasteiger partial charge is 0.489 e. The lowest BCUT2D eigenvalue weighted by molar-refractivity contribution is -0.137. The van der Waals surface area contributed by atoms with Crippen LogP contribution in [0.1, 0.15) is 55.5 Å². The Bertz CT molecular complexity index is 1130. The van der Waals surface area contributed by atoms with Crippen molar-refractivity contribution < 1.29 is 14.6 Å². The van der Waals surface area contributed by atoms with Crippen molar-refractivity contribution in [3.8, 4) is 17.6 Å². The van der Waals surface area contributed by atoms with Gasteiger partial charge in [0.2, 0.25) is 0 Å². The third-order valence-corrected chi connectivity index (χ3v) is 5.37. The number of ether oxygens (including phenoxy) is 1. The Morgan fingerprint density at radius 2 is 1.87 bits per heavy atom. The molecule has 1 aromatic heterocycles. The third-order valence-electron chi connectivity index (χ3n) is 5.37. The molecule has 0 saturated heterocycles. The van der Waals surface area contributed by atoms with E-state index in [2.05, 4.69) is 56.4 Å². The summed E-state index contributed by atoms with van der Waals surface area (Å²) in [4.78, 5) is 11.1. The van der Waals surface area contributed by atoms with E-state index in [9.17, 15) is 4.79 Å². The number of aryl methyl sites for hydroxylation is 2. The van der Waals surface area contributed by atoms with Crippen LogP contribution in [0, 0.1) is 31.6 Å². The van der Waals surface area contributed by atoms with Crippen LogP contribution in [0.5, 0.6) is 5.75 Å². The number of rotatable bonds is 8. The number of carboxylic acids is 1. The van der Waals surface area contributed by atoms with E-state index in [-0.39, 0.29) is 12.3 Å². The first-order valence-electron chi connectivity index (χ1n) is 10.6. The fourth-order valence-corrected chi connectivity index (χ4v) is 3.84. The van der Waals surface area contributed by atoms with E-state index in [0.29, 0.717) is 12.5 Å². The minimum absolute atomic E-state index is 0.0102. The Labute approximate surface area is 184 Å². The molecule has 0 radical (unpaired) electrons. The highest BCUT2D eigenvalue weighted by molar-refractivity contribution is 5.85. The molecule has 0 unspecified atom stereocenters. The van der Waals surface area contributed by atoms with Gasteiger partial charge in [0, 0.05) is 11.9 Å². The van der Waals surface area contributed by atoms with Crippen molar-refractivity contribution in [2.24, 2.45) is 5.92 Å². The van der Waals surface area contributed by atoms with Crippen molar-refractivity contribution in [2.45, 2.75) is 60.1 Å². The zero-order valence-electron chi connectivity index (χ0n) is 18.9. The summed E-state index contributed by atoms with van der Waals surface area (Å²) in [6.45, 7) is 11.6. The lowest BCUT2D eigenvalue weighted by Gasteiger charge is -2.13. The number of aromatic nitrogens is 2. The summed E-state index contributed by atoms with van der Waals surface area (Å²) in [5.74, 6) is 5.88. The third kappa shape index (κ3) is 5.27. The maximum atomic E-state index is 11.1. The van der Waals surface area contributed by atoms with Crippen molar-refractivity contribution in [2.75, 3.05) is 0 Å². The molecule has 0 aliphatic heterocycles. The average molecular weight is 419 g/mol. The zero-order valence-corrected chi connectivity index (χ0v) is 18.9. The molecule has 5 heteroatoms. The first-order chi connectivity index (χ1) is 14.8. The molecule has 0 fully saturated rings. The van der Waals surface area contributed by atoms with Gasteiger partial charge in [-0.15, -0.1) is 5.92 Å². The van der Waals surface area contributed by atoms with Crippen LogP contribution in [-0.4, -0.2) is 20.9 Å². The maximum Gasteiger partial charge on any atom is 0.304 e. The maximum absolute atomic E-state index is 11.1. The fraction of sp³-hybridized carbons (Fsp3) is 0.385. The zero-order chi connectivity index (χ0) is 22.5. The number of fused-ring (bicyclic) bond motifs is 1. The van der Waals surface area contributed by atoms with Crippen LogP contribution < -0.4 is 4.74 Å². The van der Waals surface area contributed by atoms with E-state index in [4.69, 9.17) is 14.9 Å². The second-order valence-corrected chi connectivity index (χ2v) is 8.31. The lowest BCUT2D eigenvalue weighted by atomic mass is 9.96. The Balaban J connectivity index is 1.78. The van der Waals surface area contributed by atoms with Gasteiger partial charge >= 0.3 is 5.97 Å². The first-order valence-corrected chi connectivity index (χ1v) is 10.6. The van der Waals surface area contributed by atoms with E-state index in [1.54, 1.807) is 6.92 Å². The number of hydrogen-bond donors (Lipinski definition) is 1. The average Bonchev–Trinajstić information content (AvgIpc) is 3.02. The molecule has 3 rings (SSSR count). The molecular formula is C26H30N2O3. The number of carbonyl (C=O) groups is 1. The summed E-state index contributed by atoms with van der Waals surface area (Å²) in [6.07, 6.45) is -0.0102. The number of benzene rings is 2. The lowest BCUT2D eigenvalue weighted by Crippen LogP contribution is -2.08. The van der Waals surface area contributed by atoms with Crippen molar-refractivity contribution in [3.05, 3.63) is 58.8 Å². The van der Waals surface area contributed by atoms with Gasteiger partial charge in [-0.3, -0.25) is 9.48 Å². The van der Waals surface area contributed by atoms with Crippen LogP contribution in [0.15, 0.2) is 36.4 Å². The van der Waals surface area contributed by atoms with Gasteiger partial charge in [0.1, 0.15) is 12.4 Å². The fourth-order valence-electron chi connectivity index (χ4n) is 3.84. The molecule has 3 aromatic rings. The predicted octanol–water partition coefficient (Wildman–Crippen LogP) is 5.47. The molecule has 0 aliphatic carbocycles. The highest BCUT2D eigenvalue weighted by Gasteiger charge is 2.15. The van der Waals surface area contributed by atoms with Crippen LogP contribution in [0.2, 0.25) is 0 Å². The van der Waals surface area contributed by atoms with Crippen molar-refractivity contribution in [1.29, 1.82) is 0 Å². The molecule has 0 saturated carbocycles. The topological polar surface area (TPSA) is 64.3 Å². The van der Waals surface area contributed by atoms with Crippen LogP contribution in [-0.2, 0) is 17.9 Å². The molecular weight excluding hydrogens is 388 g/mol. The van der Waals surface area contributed by atoms with Crippen molar-refractivity contribution in [3.63, 3.8) is 0 Å². The Hall–Kier alpha value is -3.26. The van der Waals surface area contributed by atoms with Crippen molar-refractivity contribution >= 4 is 16.9 Å². The molecule has 162 valence electrons. The normalized spacial score (nSPS) is 11.9. The smallest absolute Gasteiger partial charge is 0.304 e. The second-order valence-electron chi connectivity index (χ2n) is 8.31. The highest BCUT2D eigenvalue weighted by atomic mass is 16.5. The number of hydrogen-bond acceptors (Lipinski definition) is 3. The van der Waals surface area contributed by atoms with Gasteiger partial charge in [-0.05, 0) is 55.5 Å². The van der Waals surface area contributed by atoms with Crippen LogP contribution in [0.3, 0.4) is 0 Å². The summed E-state index contributed by atoms with van der Waals surface area (Å²) >= 11 is 0. The van der Waals surface area contributed by atoms with Gasteiger partial charge in [-0.1, -0.05) is 44.0 Å². The minimum Gasteiger partial charge on any atom is -0.489 e. The molecule has 0 spiro atoms. The first kappa shape index (κ1) is 22.4. The summed E-state index contributed by atoms with van der Waals surface area (Å²) in [7, 11) is 0. The summed E-state index contributed by atoms with van der Waals surface area (Å²) in [5.41, 5.74) is 5.43. The molecule has 1 atom stereocenters.